The third-order valence-corrected chi connectivity index (χ3v) is 3.85. The molecule has 1 aromatic rings. The van der Waals surface area contributed by atoms with E-state index in [-0.39, 0.29) is 12.1 Å². The van der Waals surface area contributed by atoms with Gasteiger partial charge >= 0.3 is 6.09 Å². The molecule has 0 spiro atoms. The highest BCUT2D eigenvalue weighted by molar-refractivity contribution is 5.68. The molecule has 0 aromatic carbocycles. The Hall–Kier alpha value is -1.78. The summed E-state index contributed by atoms with van der Waals surface area (Å²) in [6, 6.07) is 4.25. The zero-order chi connectivity index (χ0) is 16.3. The number of pyridine rings is 1. The summed E-state index contributed by atoms with van der Waals surface area (Å²) in [6.45, 7) is 9.52. The Morgan fingerprint density at radius 2 is 2.18 bits per heavy atom. The quantitative estimate of drug-likeness (QED) is 0.841. The van der Waals surface area contributed by atoms with E-state index in [1.54, 1.807) is 4.90 Å². The van der Waals surface area contributed by atoms with Crippen molar-refractivity contribution in [3.63, 3.8) is 0 Å². The first kappa shape index (κ1) is 16.6. The van der Waals surface area contributed by atoms with Gasteiger partial charge in [-0.05, 0) is 58.2 Å². The number of anilines is 1. The van der Waals surface area contributed by atoms with E-state index in [4.69, 9.17) is 4.74 Å². The highest BCUT2D eigenvalue weighted by Gasteiger charge is 2.29. The zero-order valence-corrected chi connectivity index (χ0v) is 14.3. The second-order valence-electron chi connectivity index (χ2n) is 7.02. The molecule has 5 heteroatoms. The lowest BCUT2D eigenvalue weighted by atomic mass is 10.0. The van der Waals surface area contributed by atoms with Gasteiger partial charge in [0, 0.05) is 26.3 Å². The number of aryl methyl sites for hydroxylation is 1. The molecule has 1 saturated heterocycles. The van der Waals surface area contributed by atoms with Crippen LogP contribution in [-0.4, -0.2) is 47.8 Å². The van der Waals surface area contributed by atoms with E-state index in [1.165, 1.54) is 5.56 Å². The van der Waals surface area contributed by atoms with Crippen molar-refractivity contribution in [3.8, 4) is 0 Å². The summed E-state index contributed by atoms with van der Waals surface area (Å²) in [5, 5.41) is 0. The van der Waals surface area contributed by atoms with Crippen molar-refractivity contribution in [2.24, 2.45) is 0 Å². The Balaban J connectivity index is 2.02. The number of amides is 1. The summed E-state index contributed by atoms with van der Waals surface area (Å²) in [4.78, 5) is 20.7. The molecule has 1 fully saturated rings. The molecule has 0 aliphatic carbocycles. The molecule has 0 saturated carbocycles. The molecule has 22 heavy (non-hydrogen) atoms. The van der Waals surface area contributed by atoms with E-state index in [0.29, 0.717) is 0 Å². The van der Waals surface area contributed by atoms with Crippen molar-refractivity contribution in [2.45, 2.75) is 52.2 Å². The molecule has 1 unspecified atom stereocenters. The number of aromatic nitrogens is 1. The molecule has 2 rings (SSSR count). The second kappa shape index (κ2) is 6.55. The van der Waals surface area contributed by atoms with E-state index in [0.717, 1.165) is 31.7 Å². The van der Waals surface area contributed by atoms with Crippen LogP contribution in [0.15, 0.2) is 18.3 Å². The maximum absolute atomic E-state index is 12.2. The van der Waals surface area contributed by atoms with Crippen molar-refractivity contribution in [2.75, 3.05) is 25.0 Å². The highest BCUT2D eigenvalue weighted by Crippen LogP contribution is 2.22. The average Bonchev–Trinajstić information content (AvgIpc) is 2.45. The summed E-state index contributed by atoms with van der Waals surface area (Å²) < 4.78 is 5.47. The first-order chi connectivity index (χ1) is 10.3. The van der Waals surface area contributed by atoms with Gasteiger partial charge in [0.2, 0.25) is 0 Å². The number of carbonyl (C=O) groups excluding carboxylic acids is 1. The second-order valence-corrected chi connectivity index (χ2v) is 7.02. The van der Waals surface area contributed by atoms with Crippen molar-refractivity contribution >= 4 is 11.9 Å². The lowest BCUT2D eigenvalue weighted by Crippen LogP contribution is -2.50. The van der Waals surface area contributed by atoms with Crippen LogP contribution in [0.2, 0.25) is 0 Å². The van der Waals surface area contributed by atoms with E-state index in [2.05, 4.69) is 22.9 Å². The molecule has 0 radical (unpaired) electrons. The molecule has 1 aromatic heterocycles. The predicted molar refractivity (Wildman–Crippen MR) is 88.2 cm³/mol. The van der Waals surface area contributed by atoms with Crippen LogP contribution < -0.4 is 4.90 Å². The van der Waals surface area contributed by atoms with Crippen LogP contribution in [0.25, 0.3) is 0 Å². The minimum absolute atomic E-state index is 0.158. The predicted octanol–water partition coefficient (Wildman–Crippen LogP) is 3.23. The molecule has 1 aliphatic rings. The summed E-state index contributed by atoms with van der Waals surface area (Å²) in [5.74, 6) is 0.988. The molecule has 1 atom stereocenters. The SMILES string of the molecule is Cc1ccnc(N2CCCC(N(C)C(=O)OC(C)(C)C)C2)c1. The lowest BCUT2D eigenvalue weighted by molar-refractivity contribution is 0.0209. The maximum atomic E-state index is 12.2. The van der Waals surface area contributed by atoms with Crippen molar-refractivity contribution in [3.05, 3.63) is 23.9 Å². The van der Waals surface area contributed by atoms with E-state index in [9.17, 15) is 4.79 Å². The van der Waals surface area contributed by atoms with Crippen LogP contribution in [-0.2, 0) is 4.74 Å². The molecule has 0 bridgehead atoms. The fourth-order valence-corrected chi connectivity index (χ4v) is 2.66. The standard InChI is InChI=1S/C17H27N3O2/c1-13-8-9-18-15(11-13)20-10-6-7-14(12-20)19(5)16(21)22-17(2,3)4/h8-9,11,14H,6-7,10,12H2,1-5H3. The Labute approximate surface area is 133 Å². The van der Waals surface area contributed by atoms with Crippen molar-refractivity contribution < 1.29 is 9.53 Å². The van der Waals surface area contributed by atoms with Crippen molar-refractivity contribution in [1.82, 2.24) is 9.88 Å². The molecule has 2 heterocycles. The van der Waals surface area contributed by atoms with Gasteiger partial charge in [0.05, 0.1) is 6.04 Å². The molecule has 1 amide bonds. The van der Waals surface area contributed by atoms with Gasteiger partial charge in [-0.25, -0.2) is 9.78 Å². The van der Waals surface area contributed by atoms with E-state index in [1.807, 2.05) is 40.1 Å². The molecule has 0 N–H and O–H groups in total. The smallest absolute Gasteiger partial charge is 0.410 e. The number of ether oxygens (including phenoxy) is 1. The van der Waals surface area contributed by atoms with Crippen LogP contribution >= 0.6 is 0 Å². The average molecular weight is 305 g/mol. The highest BCUT2D eigenvalue weighted by atomic mass is 16.6. The van der Waals surface area contributed by atoms with E-state index >= 15 is 0 Å². The number of rotatable bonds is 2. The number of carbonyl (C=O) groups is 1. The minimum Gasteiger partial charge on any atom is -0.444 e. The molecular weight excluding hydrogens is 278 g/mol. The Kier molecular flexibility index (Phi) is 4.94. The Morgan fingerprint density at radius 3 is 2.82 bits per heavy atom. The third kappa shape index (κ3) is 4.36. The van der Waals surface area contributed by atoms with Gasteiger partial charge in [0.25, 0.3) is 0 Å². The summed E-state index contributed by atoms with van der Waals surface area (Å²) in [5.41, 5.74) is 0.741. The molecule has 122 valence electrons. The van der Waals surface area contributed by atoms with Crippen LogP contribution in [0.1, 0.15) is 39.2 Å². The lowest BCUT2D eigenvalue weighted by Gasteiger charge is -2.38. The van der Waals surface area contributed by atoms with Crippen LogP contribution in [0.5, 0.6) is 0 Å². The number of hydrogen-bond donors (Lipinski definition) is 0. The Bertz CT molecular complexity index is 525. The third-order valence-electron chi connectivity index (χ3n) is 3.85. The van der Waals surface area contributed by atoms with Crippen LogP contribution in [0, 0.1) is 6.92 Å². The maximum Gasteiger partial charge on any atom is 0.410 e. The number of likely N-dealkylation sites (N-methyl/N-ethyl adjacent to an activating group) is 1. The minimum atomic E-state index is -0.461. The summed E-state index contributed by atoms with van der Waals surface area (Å²) in [6.07, 6.45) is 3.63. The number of nitrogens with zero attached hydrogens (tertiary/aromatic N) is 3. The summed E-state index contributed by atoms with van der Waals surface area (Å²) in [7, 11) is 1.83. The van der Waals surface area contributed by atoms with Gasteiger partial charge in [-0.2, -0.15) is 0 Å². The zero-order valence-electron chi connectivity index (χ0n) is 14.3. The number of piperidine rings is 1. The van der Waals surface area contributed by atoms with Crippen molar-refractivity contribution in [1.29, 1.82) is 0 Å². The monoisotopic (exact) mass is 305 g/mol. The van der Waals surface area contributed by atoms with E-state index < -0.39 is 5.60 Å². The van der Waals surface area contributed by atoms with Crippen LogP contribution in [0.4, 0.5) is 10.6 Å². The van der Waals surface area contributed by atoms with Gasteiger partial charge < -0.3 is 14.5 Å². The largest absolute Gasteiger partial charge is 0.444 e. The topological polar surface area (TPSA) is 45.7 Å². The molecule has 1 aliphatic heterocycles. The fourth-order valence-electron chi connectivity index (χ4n) is 2.66. The normalized spacial score (nSPS) is 19.0. The van der Waals surface area contributed by atoms with Gasteiger partial charge in [0.15, 0.2) is 0 Å². The first-order valence-electron chi connectivity index (χ1n) is 7.90. The first-order valence-corrected chi connectivity index (χ1v) is 7.90. The number of hydrogen-bond acceptors (Lipinski definition) is 4. The Morgan fingerprint density at radius 1 is 1.45 bits per heavy atom. The van der Waals surface area contributed by atoms with Gasteiger partial charge in [-0.3, -0.25) is 0 Å². The van der Waals surface area contributed by atoms with Gasteiger partial charge in [0.1, 0.15) is 11.4 Å². The molecule has 5 nitrogen and oxygen atoms in total. The van der Waals surface area contributed by atoms with Gasteiger partial charge in [-0.1, -0.05) is 0 Å². The van der Waals surface area contributed by atoms with Crippen LogP contribution in [0.3, 0.4) is 0 Å². The van der Waals surface area contributed by atoms with Gasteiger partial charge in [-0.15, -0.1) is 0 Å². The molecular formula is C17H27N3O2. The fraction of sp³-hybridized carbons (Fsp3) is 0.647. The summed E-state index contributed by atoms with van der Waals surface area (Å²) >= 11 is 0.